The minimum Gasteiger partial charge on any atom is -0.444 e. The summed E-state index contributed by atoms with van der Waals surface area (Å²) in [5.74, 6) is 1.25. The molecule has 1 aliphatic rings. The van der Waals surface area contributed by atoms with E-state index in [9.17, 15) is 4.79 Å². The maximum atomic E-state index is 12.0. The number of alkyl carbamates (subject to hydrolysis) is 1. The first-order valence-electron chi connectivity index (χ1n) is 11.0. The van der Waals surface area contributed by atoms with Crippen molar-refractivity contribution < 1.29 is 9.53 Å². The number of carbonyl (C=O) groups is 1. The summed E-state index contributed by atoms with van der Waals surface area (Å²) in [6, 6.07) is 0.195. The Labute approximate surface area is 187 Å². The lowest BCUT2D eigenvalue weighted by atomic mass is 9.86. The van der Waals surface area contributed by atoms with Crippen LogP contribution in [0.2, 0.25) is 0 Å². The lowest BCUT2D eigenvalue weighted by Crippen LogP contribution is -2.41. The molecule has 2 aromatic rings. The molecule has 2 heterocycles. The van der Waals surface area contributed by atoms with Gasteiger partial charge in [0.15, 0.2) is 0 Å². The monoisotopic (exact) mass is 479 g/mol. The van der Waals surface area contributed by atoms with Crippen LogP contribution in [-0.2, 0) is 11.3 Å². The summed E-state index contributed by atoms with van der Waals surface area (Å²) in [6.45, 7) is 9.64. The topological polar surface area (TPSA) is 81.1 Å². The van der Waals surface area contributed by atoms with Gasteiger partial charge >= 0.3 is 6.09 Å². The van der Waals surface area contributed by atoms with E-state index >= 15 is 0 Å². The number of anilines is 1. The highest BCUT2D eigenvalue weighted by Gasteiger charge is 2.25. The molecule has 0 bridgehead atoms. The Morgan fingerprint density at radius 1 is 1.30 bits per heavy atom. The van der Waals surface area contributed by atoms with E-state index in [1.54, 1.807) is 0 Å². The molecule has 30 heavy (non-hydrogen) atoms. The van der Waals surface area contributed by atoms with Crippen molar-refractivity contribution in [1.29, 1.82) is 0 Å². The molecule has 7 nitrogen and oxygen atoms in total. The van der Waals surface area contributed by atoms with E-state index in [2.05, 4.69) is 49.2 Å². The van der Waals surface area contributed by atoms with E-state index in [1.165, 1.54) is 0 Å². The minimum absolute atomic E-state index is 0.195. The number of rotatable bonds is 7. The molecule has 2 aromatic heterocycles. The number of hydrogen-bond acceptors (Lipinski definition) is 5. The van der Waals surface area contributed by atoms with Crippen molar-refractivity contribution in [2.75, 3.05) is 11.9 Å². The van der Waals surface area contributed by atoms with Crippen LogP contribution in [0.4, 0.5) is 10.7 Å². The number of amides is 1. The molecule has 1 fully saturated rings. The van der Waals surface area contributed by atoms with Crippen molar-refractivity contribution >= 4 is 39.0 Å². The SMILES string of the molecule is CCCCNc1ncc2c(Br)cn(CC3CCC(NC(=O)OC(C)(C)C)CC3)c2n1. The average molecular weight is 480 g/mol. The molecule has 166 valence electrons. The van der Waals surface area contributed by atoms with Crippen LogP contribution in [0.3, 0.4) is 0 Å². The number of aromatic nitrogens is 3. The van der Waals surface area contributed by atoms with Gasteiger partial charge in [-0.3, -0.25) is 0 Å². The van der Waals surface area contributed by atoms with Gasteiger partial charge in [-0.15, -0.1) is 0 Å². The summed E-state index contributed by atoms with van der Waals surface area (Å²) < 4.78 is 8.64. The number of ether oxygens (including phenoxy) is 1. The molecule has 8 heteroatoms. The fourth-order valence-corrected chi connectivity index (χ4v) is 4.40. The Bertz CT molecular complexity index is 853. The van der Waals surface area contributed by atoms with Crippen molar-refractivity contribution in [3.63, 3.8) is 0 Å². The molecule has 0 radical (unpaired) electrons. The van der Waals surface area contributed by atoms with Crippen molar-refractivity contribution in [3.8, 4) is 0 Å². The summed E-state index contributed by atoms with van der Waals surface area (Å²) in [4.78, 5) is 21.2. The van der Waals surface area contributed by atoms with Gasteiger partial charge < -0.3 is 19.9 Å². The second-order valence-electron chi connectivity index (χ2n) is 9.20. The van der Waals surface area contributed by atoms with Crippen molar-refractivity contribution in [3.05, 3.63) is 16.9 Å². The highest BCUT2D eigenvalue weighted by atomic mass is 79.9. The van der Waals surface area contributed by atoms with Crippen molar-refractivity contribution in [2.24, 2.45) is 5.92 Å². The fourth-order valence-electron chi connectivity index (χ4n) is 3.87. The largest absolute Gasteiger partial charge is 0.444 e. The van der Waals surface area contributed by atoms with Gasteiger partial charge in [0, 0.05) is 36.0 Å². The van der Waals surface area contributed by atoms with Gasteiger partial charge in [0.2, 0.25) is 5.95 Å². The number of fused-ring (bicyclic) bond motifs is 1. The average Bonchev–Trinajstić information content (AvgIpc) is 2.97. The maximum Gasteiger partial charge on any atom is 0.407 e. The Morgan fingerprint density at radius 2 is 2.03 bits per heavy atom. The number of unbranched alkanes of at least 4 members (excludes halogenated alkanes) is 1. The van der Waals surface area contributed by atoms with Crippen LogP contribution < -0.4 is 10.6 Å². The molecule has 1 saturated carbocycles. The van der Waals surface area contributed by atoms with Gasteiger partial charge in [-0.25, -0.2) is 9.78 Å². The maximum absolute atomic E-state index is 12.0. The van der Waals surface area contributed by atoms with Crippen LogP contribution >= 0.6 is 15.9 Å². The highest BCUT2D eigenvalue weighted by molar-refractivity contribution is 9.10. The second-order valence-corrected chi connectivity index (χ2v) is 10.1. The number of carbonyl (C=O) groups excluding carboxylic acids is 1. The minimum atomic E-state index is -0.462. The van der Waals surface area contributed by atoms with E-state index in [0.29, 0.717) is 11.9 Å². The van der Waals surface area contributed by atoms with Crippen LogP contribution in [0.5, 0.6) is 0 Å². The van der Waals surface area contributed by atoms with Crippen molar-refractivity contribution in [2.45, 2.75) is 84.4 Å². The third-order valence-corrected chi connectivity index (χ3v) is 6.04. The fraction of sp³-hybridized carbons (Fsp3) is 0.682. The molecule has 1 amide bonds. The van der Waals surface area contributed by atoms with E-state index < -0.39 is 5.60 Å². The summed E-state index contributed by atoms with van der Waals surface area (Å²) in [6.07, 6.45) is 10.0. The molecule has 0 unspecified atom stereocenters. The molecule has 0 spiro atoms. The zero-order chi connectivity index (χ0) is 21.7. The van der Waals surface area contributed by atoms with Crippen LogP contribution in [0.15, 0.2) is 16.9 Å². The predicted molar refractivity (Wildman–Crippen MR) is 124 cm³/mol. The van der Waals surface area contributed by atoms with Gasteiger partial charge in [0.05, 0.1) is 5.39 Å². The molecule has 3 rings (SSSR count). The molecule has 0 saturated heterocycles. The first-order valence-corrected chi connectivity index (χ1v) is 11.8. The standard InChI is InChI=1S/C22H34BrN5O2/c1-5-6-11-24-20-25-12-17-18(23)14-28(19(17)27-20)13-15-7-9-16(10-8-15)26-21(29)30-22(2,3)4/h12,14-16H,5-11,13H2,1-4H3,(H,26,29)(H,24,25,27). The van der Waals surface area contributed by atoms with E-state index in [1.807, 2.05) is 27.0 Å². The van der Waals surface area contributed by atoms with Gasteiger partial charge in [-0.1, -0.05) is 13.3 Å². The lowest BCUT2D eigenvalue weighted by Gasteiger charge is -2.30. The Morgan fingerprint density at radius 3 is 2.70 bits per heavy atom. The van der Waals surface area contributed by atoms with E-state index in [-0.39, 0.29) is 12.1 Å². The van der Waals surface area contributed by atoms with Gasteiger partial charge in [0.25, 0.3) is 0 Å². The molecule has 0 aromatic carbocycles. The zero-order valence-corrected chi connectivity index (χ0v) is 20.1. The summed E-state index contributed by atoms with van der Waals surface area (Å²) in [5, 5.41) is 7.37. The van der Waals surface area contributed by atoms with Gasteiger partial charge in [-0.2, -0.15) is 4.98 Å². The first-order chi connectivity index (χ1) is 14.2. The number of nitrogens with zero attached hydrogens (tertiary/aromatic N) is 3. The zero-order valence-electron chi connectivity index (χ0n) is 18.5. The lowest BCUT2D eigenvalue weighted by molar-refractivity contribution is 0.0486. The normalized spacial score (nSPS) is 19.6. The molecule has 0 atom stereocenters. The first kappa shape index (κ1) is 22.8. The summed E-state index contributed by atoms with van der Waals surface area (Å²) in [5.41, 5.74) is 0.501. The Hall–Kier alpha value is -1.83. The van der Waals surface area contributed by atoms with Gasteiger partial charge in [0.1, 0.15) is 11.2 Å². The quantitative estimate of drug-likeness (QED) is 0.513. The van der Waals surface area contributed by atoms with Crippen LogP contribution in [0, 0.1) is 5.92 Å². The van der Waals surface area contributed by atoms with Crippen LogP contribution in [-0.4, -0.2) is 38.8 Å². The highest BCUT2D eigenvalue weighted by Crippen LogP contribution is 2.30. The van der Waals surface area contributed by atoms with E-state index in [4.69, 9.17) is 9.72 Å². The van der Waals surface area contributed by atoms with Crippen LogP contribution in [0.25, 0.3) is 11.0 Å². The molecular formula is C22H34BrN5O2. The summed E-state index contributed by atoms with van der Waals surface area (Å²) in [7, 11) is 0. The molecule has 0 aliphatic heterocycles. The molecule has 2 N–H and O–H groups in total. The van der Waals surface area contributed by atoms with E-state index in [0.717, 1.165) is 67.1 Å². The Balaban J connectivity index is 1.58. The molecular weight excluding hydrogens is 446 g/mol. The summed E-state index contributed by atoms with van der Waals surface area (Å²) >= 11 is 3.65. The van der Waals surface area contributed by atoms with Gasteiger partial charge in [-0.05, 0) is 74.7 Å². The second kappa shape index (κ2) is 9.98. The third-order valence-electron chi connectivity index (χ3n) is 5.40. The smallest absolute Gasteiger partial charge is 0.407 e. The van der Waals surface area contributed by atoms with Crippen molar-refractivity contribution in [1.82, 2.24) is 19.9 Å². The predicted octanol–water partition coefficient (Wildman–Crippen LogP) is 5.49. The number of halogens is 1. The number of nitrogens with one attached hydrogen (secondary N) is 2. The molecule has 1 aliphatic carbocycles. The Kier molecular flexibility index (Phi) is 7.60. The number of hydrogen-bond donors (Lipinski definition) is 2. The van der Waals surface area contributed by atoms with Crippen LogP contribution in [0.1, 0.15) is 66.2 Å². The third kappa shape index (κ3) is 6.33.